The molecule has 19 heavy (non-hydrogen) atoms. The Labute approximate surface area is 125 Å². The molecule has 0 aromatic heterocycles. The first-order valence-electron chi connectivity index (χ1n) is 6.26. The van der Waals surface area contributed by atoms with Gasteiger partial charge in [0.25, 0.3) is 0 Å². The van der Waals surface area contributed by atoms with Crippen molar-refractivity contribution in [2.24, 2.45) is 0 Å². The molecule has 0 N–H and O–H groups in total. The summed E-state index contributed by atoms with van der Waals surface area (Å²) in [7, 11) is 0. The monoisotopic (exact) mass is 367 g/mol. The molecule has 0 unspecified atom stereocenters. The molecule has 1 radical (unpaired) electrons. The van der Waals surface area contributed by atoms with E-state index in [2.05, 4.69) is 29.0 Å². The minimum atomic E-state index is -0.188. The van der Waals surface area contributed by atoms with Crippen LogP contribution in [0.15, 0.2) is 36.4 Å². The number of fused-ring (bicyclic) bond motifs is 1. The summed E-state index contributed by atoms with van der Waals surface area (Å²) in [6.45, 7) is 0.399. The van der Waals surface area contributed by atoms with E-state index >= 15 is 0 Å². The van der Waals surface area contributed by atoms with E-state index in [9.17, 15) is 4.39 Å². The molecule has 97 valence electrons. The van der Waals surface area contributed by atoms with Crippen molar-refractivity contribution in [3.05, 3.63) is 68.9 Å². The molecule has 3 rings (SSSR count). The largest absolute Gasteiger partial charge is 0.485 e. The van der Waals surface area contributed by atoms with Gasteiger partial charge in [0.1, 0.15) is 6.61 Å². The van der Waals surface area contributed by atoms with Gasteiger partial charge in [0.15, 0.2) is 11.6 Å². The highest BCUT2D eigenvalue weighted by Crippen LogP contribution is 2.35. The van der Waals surface area contributed by atoms with Gasteiger partial charge in [-0.3, -0.25) is 0 Å². The second kappa shape index (κ2) is 5.49. The van der Waals surface area contributed by atoms with Crippen molar-refractivity contribution < 1.29 is 9.13 Å². The highest BCUT2D eigenvalue weighted by Gasteiger charge is 2.21. The van der Waals surface area contributed by atoms with E-state index in [0.29, 0.717) is 12.4 Å². The van der Waals surface area contributed by atoms with E-state index in [0.717, 1.165) is 33.1 Å². The zero-order valence-corrected chi connectivity index (χ0v) is 12.5. The number of hydrogen-bond acceptors (Lipinski definition) is 1. The van der Waals surface area contributed by atoms with Crippen LogP contribution in [-0.2, 0) is 13.0 Å². The van der Waals surface area contributed by atoms with Crippen LogP contribution in [0.2, 0.25) is 0 Å². The first-order valence-corrected chi connectivity index (χ1v) is 7.34. The average molecular weight is 367 g/mol. The Balaban J connectivity index is 1.85. The minimum absolute atomic E-state index is 0.188. The van der Waals surface area contributed by atoms with Gasteiger partial charge in [-0.15, -0.1) is 0 Å². The molecular formula is C16H13FIO. The molecule has 1 nitrogen and oxygen atoms in total. The van der Waals surface area contributed by atoms with Crippen LogP contribution < -0.4 is 4.74 Å². The Morgan fingerprint density at radius 1 is 1.21 bits per heavy atom. The van der Waals surface area contributed by atoms with Crippen LogP contribution in [-0.4, -0.2) is 0 Å². The molecule has 1 aliphatic carbocycles. The summed E-state index contributed by atoms with van der Waals surface area (Å²) < 4.78 is 20.9. The zero-order chi connectivity index (χ0) is 13.2. The number of rotatable bonds is 3. The lowest BCUT2D eigenvalue weighted by atomic mass is 10.1. The zero-order valence-electron chi connectivity index (χ0n) is 10.3. The molecule has 0 amide bonds. The third kappa shape index (κ3) is 2.61. The molecule has 2 aromatic rings. The van der Waals surface area contributed by atoms with Gasteiger partial charge in [-0.2, -0.15) is 0 Å². The minimum Gasteiger partial charge on any atom is -0.485 e. The molecule has 0 saturated heterocycles. The third-order valence-corrected chi connectivity index (χ3v) is 4.10. The first kappa shape index (κ1) is 12.9. The molecule has 0 spiro atoms. The molecule has 0 heterocycles. The predicted molar refractivity (Wildman–Crippen MR) is 81.6 cm³/mol. The lowest BCUT2D eigenvalue weighted by Gasteiger charge is -2.12. The van der Waals surface area contributed by atoms with E-state index in [1.165, 1.54) is 0 Å². The van der Waals surface area contributed by atoms with Gasteiger partial charge in [0.05, 0.1) is 3.57 Å². The van der Waals surface area contributed by atoms with E-state index in [1.54, 1.807) is 0 Å². The number of hydrogen-bond donors (Lipinski definition) is 0. The van der Waals surface area contributed by atoms with Crippen molar-refractivity contribution in [1.29, 1.82) is 0 Å². The number of benzene rings is 2. The van der Waals surface area contributed by atoms with E-state index in [-0.39, 0.29) is 5.82 Å². The summed E-state index contributed by atoms with van der Waals surface area (Å²) in [4.78, 5) is 0. The highest BCUT2D eigenvalue weighted by molar-refractivity contribution is 14.1. The van der Waals surface area contributed by atoms with Crippen molar-refractivity contribution in [2.75, 3.05) is 0 Å². The highest BCUT2D eigenvalue weighted by atomic mass is 127. The maximum atomic E-state index is 14.4. The van der Waals surface area contributed by atoms with Crippen LogP contribution in [0, 0.1) is 15.8 Å². The molecule has 2 aromatic carbocycles. The van der Waals surface area contributed by atoms with Gasteiger partial charge >= 0.3 is 0 Å². The van der Waals surface area contributed by atoms with Crippen molar-refractivity contribution >= 4 is 22.6 Å². The summed E-state index contributed by atoms with van der Waals surface area (Å²) in [5, 5.41) is 0. The fourth-order valence-corrected chi connectivity index (χ4v) is 3.06. The second-order valence-corrected chi connectivity index (χ2v) is 5.75. The van der Waals surface area contributed by atoms with E-state index in [1.807, 2.05) is 36.4 Å². The molecule has 0 bridgehead atoms. The second-order valence-electron chi connectivity index (χ2n) is 4.59. The topological polar surface area (TPSA) is 9.23 Å². The smallest absolute Gasteiger partial charge is 0.169 e. The molecule has 1 aliphatic rings. The fourth-order valence-electron chi connectivity index (χ4n) is 2.33. The molecule has 0 fully saturated rings. The summed E-state index contributed by atoms with van der Waals surface area (Å²) in [6.07, 6.45) is 3.78. The summed E-state index contributed by atoms with van der Waals surface area (Å²) in [6, 6.07) is 11.8. The van der Waals surface area contributed by atoms with Crippen LogP contribution in [0.1, 0.15) is 23.1 Å². The lowest BCUT2D eigenvalue weighted by Crippen LogP contribution is -2.02. The van der Waals surface area contributed by atoms with Crippen LogP contribution in [0.4, 0.5) is 4.39 Å². The van der Waals surface area contributed by atoms with Crippen molar-refractivity contribution in [2.45, 2.75) is 19.4 Å². The van der Waals surface area contributed by atoms with Crippen LogP contribution in [0.25, 0.3) is 0 Å². The van der Waals surface area contributed by atoms with Gasteiger partial charge in [-0.25, -0.2) is 4.39 Å². The van der Waals surface area contributed by atoms with E-state index in [4.69, 9.17) is 4.74 Å². The standard InChI is InChI=1S/C16H13FIO/c17-15-13-8-4-7-12(13)9-14(18)16(15)19-10-11-5-2-1-3-6-11/h1-3,5-7,9H,4,8,10H2. The van der Waals surface area contributed by atoms with Crippen molar-refractivity contribution in [3.63, 3.8) is 0 Å². The summed E-state index contributed by atoms with van der Waals surface area (Å²) >= 11 is 2.14. The Morgan fingerprint density at radius 3 is 2.79 bits per heavy atom. The summed E-state index contributed by atoms with van der Waals surface area (Å²) in [5.41, 5.74) is 2.86. The Hall–Kier alpha value is -1.10. The van der Waals surface area contributed by atoms with Gasteiger partial charge in [-0.05, 0) is 64.6 Å². The average Bonchev–Trinajstić information content (AvgIpc) is 2.88. The van der Waals surface area contributed by atoms with Crippen LogP contribution in [0.5, 0.6) is 5.75 Å². The molecule has 3 heteroatoms. The lowest BCUT2D eigenvalue weighted by molar-refractivity contribution is 0.287. The SMILES string of the molecule is Fc1c2c(cc(I)c1OCc1ccccc1)[CH]CC2. The van der Waals surface area contributed by atoms with Crippen molar-refractivity contribution in [3.8, 4) is 5.75 Å². The van der Waals surface area contributed by atoms with Crippen molar-refractivity contribution in [1.82, 2.24) is 0 Å². The molecule has 0 atom stereocenters. The van der Waals surface area contributed by atoms with E-state index < -0.39 is 0 Å². The van der Waals surface area contributed by atoms with Gasteiger partial charge < -0.3 is 4.74 Å². The molecular weight excluding hydrogens is 354 g/mol. The Morgan fingerprint density at radius 2 is 2.00 bits per heavy atom. The summed E-state index contributed by atoms with van der Waals surface area (Å²) in [5.74, 6) is 0.199. The predicted octanol–water partition coefficient (Wildman–Crippen LogP) is 4.51. The normalized spacial score (nSPS) is 13.4. The number of halogens is 2. The van der Waals surface area contributed by atoms with Gasteiger partial charge in [0.2, 0.25) is 0 Å². The number of ether oxygens (including phenoxy) is 1. The molecule has 0 saturated carbocycles. The quantitative estimate of drug-likeness (QED) is 0.726. The van der Waals surface area contributed by atoms with Gasteiger partial charge in [-0.1, -0.05) is 30.3 Å². The third-order valence-electron chi connectivity index (χ3n) is 3.30. The Bertz CT molecular complexity index is 595. The Kier molecular flexibility index (Phi) is 3.73. The van der Waals surface area contributed by atoms with Gasteiger partial charge in [0, 0.05) is 0 Å². The first-order chi connectivity index (χ1) is 9.25. The van der Waals surface area contributed by atoms with Crippen LogP contribution in [0.3, 0.4) is 0 Å². The fraction of sp³-hybridized carbons (Fsp3) is 0.188. The maximum Gasteiger partial charge on any atom is 0.169 e. The molecule has 0 aliphatic heterocycles. The van der Waals surface area contributed by atoms with Crippen LogP contribution >= 0.6 is 22.6 Å². The maximum absolute atomic E-state index is 14.4.